The zero-order chi connectivity index (χ0) is 11.2. The largest absolute Gasteiger partial charge is 0.389 e. The first-order chi connectivity index (χ1) is 7.00. The number of aliphatic hydroxyl groups excluding tert-OH is 3. The Hall–Kier alpha value is -0.200. The lowest BCUT2D eigenvalue weighted by Crippen LogP contribution is -2.71. The lowest BCUT2D eigenvalue weighted by molar-refractivity contribution is -0.164. The van der Waals surface area contributed by atoms with Crippen LogP contribution in [0.3, 0.4) is 0 Å². The summed E-state index contributed by atoms with van der Waals surface area (Å²) in [5, 5.41) is 32.3. The van der Waals surface area contributed by atoms with E-state index in [-0.39, 0.29) is 6.17 Å². The van der Waals surface area contributed by atoms with Crippen molar-refractivity contribution in [2.45, 2.75) is 56.8 Å². The van der Waals surface area contributed by atoms with Crippen molar-refractivity contribution in [3.05, 3.63) is 0 Å². The minimum absolute atomic E-state index is 0.234. The van der Waals surface area contributed by atoms with E-state index < -0.39 is 18.3 Å². The quantitative estimate of drug-likeness (QED) is 0.396. The summed E-state index contributed by atoms with van der Waals surface area (Å²) < 4.78 is 0. The van der Waals surface area contributed by atoms with E-state index in [1.165, 1.54) is 0 Å². The van der Waals surface area contributed by atoms with Gasteiger partial charge in [-0.25, -0.2) is 0 Å². The van der Waals surface area contributed by atoms with Crippen LogP contribution in [-0.4, -0.2) is 63.3 Å². The van der Waals surface area contributed by atoms with Gasteiger partial charge in [0.2, 0.25) is 0 Å². The third-order valence-corrected chi connectivity index (χ3v) is 3.54. The smallest absolute Gasteiger partial charge is 0.111 e. The molecule has 2 heterocycles. The first kappa shape index (κ1) is 11.3. The number of aliphatic hydroxyl groups is 3. The van der Waals surface area contributed by atoms with Crippen LogP contribution < -0.4 is 5.32 Å². The zero-order valence-corrected chi connectivity index (χ0v) is 9.17. The molecular formula is C10H20N2O3. The van der Waals surface area contributed by atoms with Gasteiger partial charge in [-0.3, -0.25) is 10.2 Å². The second-order valence-electron chi connectivity index (χ2n) is 4.84. The molecule has 2 fully saturated rings. The fourth-order valence-electron chi connectivity index (χ4n) is 2.70. The van der Waals surface area contributed by atoms with Crippen molar-refractivity contribution in [2.75, 3.05) is 6.54 Å². The van der Waals surface area contributed by atoms with Gasteiger partial charge in [0.25, 0.3) is 0 Å². The van der Waals surface area contributed by atoms with Gasteiger partial charge in [-0.1, -0.05) is 0 Å². The van der Waals surface area contributed by atoms with Gasteiger partial charge in [0.1, 0.15) is 12.2 Å². The maximum absolute atomic E-state index is 9.86. The Labute approximate surface area is 89.7 Å². The fraction of sp³-hybridized carbons (Fsp3) is 1.00. The van der Waals surface area contributed by atoms with Crippen LogP contribution in [0.25, 0.3) is 0 Å². The van der Waals surface area contributed by atoms with Crippen molar-refractivity contribution < 1.29 is 15.3 Å². The monoisotopic (exact) mass is 216 g/mol. The molecule has 0 unspecified atom stereocenters. The molecule has 5 nitrogen and oxygen atoms in total. The minimum Gasteiger partial charge on any atom is -0.389 e. The molecule has 6 atom stereocenters. The molecule has 0 aromatic carbocycles. The van der Waals surface area contributed by atoms with E-state index in [2.05, 4.69) is 19.2 Å². The van der Waals surface area contributed by atoms with Gasteiger partial charge in [-0.2, -0.15) is 0 Å². The number of piperidine rings is 1. The molecule has 88 valence electrons. The van der Waals surface area contributed by atoms with E-state index in [9.17, 15) is 15.3 Å². The second-order valence-corrected chi connectivity index (χ2v) is 4.84. The summed E-state index contributed by atoms with van der Waals surface area (Å²) in [5.41, 5.74) is 0. The molecule has 4 N–H and O–H groups in total. The maximum atomic E-state index is 9.86. The van der Waals surface area contributed by atoms with Crippen LogP contribution in [0.2, 0.25) is 0 Å². The predicted molar refractivity (Wildman–Crippen MR) is 55.2 cm³/mol. The number of rotatable bonds is 0. The van der Waals surface area contributed by atoms with Crippen molar-refractivity contribution >= 4 is 0 Å². The topological polar surface area (TPSA) is 76.0 Å². The minimum atomic E-state index is -1.05. The van der Waals surface area contributed by atoms with Gasteiger partial charge in [0.15, 0.2) is 0 Å². The van der Waals surface area contributed by atoms with Crippen LogP contribution >= 0.6 is 0 Å². The van der Waals surface area contributed by atoms with Crippen LogP contribution in [0.1, 0.15) is 20.3 Å². The fourth-order valence-corrected chi connectivity index (χ4v) is 2.70. The Kier molecular flexibility index (Phi) is 3.00. The van der Waals surface area contributed by atoms with Gasteiger partial charge >= 0.3 is 0 Å². The molecule has 0 radical (unpaired) electrons. The number of nitrogens with zero attached hydrogens (tertiary/aromatic N) is 1. The van der Waals surface area contributed by atoms with E-state index in [0.29, 0.717) is 18.6 Å². The number of fused-ring (bicyclic) bond motifs is 1. The summed E-state index contributed by atoms with van der Waals surface area (Å²) in [6.45, 7) is 4.57. The van der Waals surface area contributed by atoms with Gasteiger partial charge in [0.05, 0.1) is 12.3 Å². The van der Waals surface area contributed by atoms with Crippen molar-refractivity contribution in [3.8, 4) is 0 Å². The maximum Gasteiger partial charge on any atom is 0.111 e. The molecular weight excluding hydrogens is 196 g/mol. The first-order valence-corrected chi connectivity index (χ1v) is 5.56. The highest BCUT2D eigenvalue weighted by molar-refractivity contribution is 4.98. The Morgan fingerprint density at radius 3 is 2.47 bits per heavy atom. The zero-order valence-electron chi connectivity index (χ0n) is 9.17. The van der Waals surface area contributed by atoms with Gasteiger partial charge < -0.3 is 15.3 Å². The van der Waals surface area contributed by atoms with Crippen LogP contribution in [0, 0.1) is 0 Å². The normalized spacial score (nSPS) is 52.6. The Balaban J connectivity index is 2.15. The van der Waals surface area contributed by atoms with Crippen molar-refractivity contribution in [3.63, 3.8) is 0 Å². The second kappa shape index (κ2) is 3.99. The van der Waals surface area contributed by atoms with Crippen LogP contribution in [0.4, 0.5) is 0 Å². The van der Waals surface area contributed by atoms with Gasteiger partial charge in [-0.15, -0.1) is 0 Å². The van der Waals surface area contributed by atoms with Crippen molar-refractivity contribution in [2.24, 2.45) is 0 Å². The lowest BCUT2D eigenvalue weighted by Gasteiger charge is -2.51. The highest BCUT2D eigenvalue weighted by Gasteiger charge is 2.45. The Morgan fingerprint density at radius 2 is 1.80 bits per heavy atom. The standard InChI is InChI=1S/C10H20N2O3/c1-5-3-6(2)12-4-7(13)8(14)9(15)10(12)11-5/h5-11,13-15H,3-4H2,1-2H3/t5-,6+,7-,8+,9-,10-/m1/s1. The molecule has 0 amide bonds. The first-order valence-electron chi connectivity index (χ1n) is 5.56. The molecule has 0 spiro atoms. The average molecular weight is 216 g/mol. The molecule has 5 heteroatoms. The highest BCUT2D eigenvalue weighted by atomic mass is 16.4. The molecule has 0 saturated carbocycles. The third kappa shape index (κ3) is 1.90. The molecule has 2 saturated heterocycles. The number of hydrogen-bond donors (Lipinski definition) is 4. The summed E-state index contributed by atoms with van der Waals surface area (Å²) in [4.78, 5) is 2.03. The van der Waals surface area contributed by atoms with E-state index >= 15 is 0 Å². The summed E-state index contributed by atoms with van der Waals surface area (Å²) in [6.07, 6.45) is -2.06. The molecule has 2 aliphatic heterocycles. The summed E-state index contributed by atoms with van der Waals surface area (Å²) in [6, 6.07) is 0.654. The Bertz CT molecular complexity index is 239. The molecule has 0 aromatic rings. The predicted octanol–water partition coefficient (Wildman–Crippen LogP) is -1.52. The van der Waals surface area contributed by atoms with Gasteiger partial charge in [-0.05, 0) is 20.3 Å². The van der Waals surface area contributed by atoms with Crippen LogP contribution in [-0.2, 0) is 0 Å². The molecule has 0 bridgehead atoms. The van der Waals surface area contributed by atoms with Gasteiger partial charge in [0, 0.05) is 18.6 Å². The van der Waals surface area contributed by atoms with Crippen LogP contribution in [0.15, 0.2) is 0 Å². The Morgan fingerprint density at radius 1 is 1.13 bits per heavy atom. The molecule has 0 aliphatic carbocycles. The highest BCUT2D eigenvalue weighted by Crippen LogP contribution is 2.25. The third-order valence-electron chi connectivity index (χ3n) is 3.54. The molecule has 2 aliphatic rings. The lowest BCUT2D eigenvalue weighted by atomic mass is 9.92. The molecule has 15 heavy (non-hydrogen) atoms. The SMILES string of the molecule is C[C@@H]1C[C@H](C)N2C[C@@H](O)[C@H](O)[C@@H](O)[C@@H]2N1. The summed E-state index contributed by atoms with van der Waals surface area (Å²) >= 11 is 0. The van der Waals surface area contributed by atoms with Crippen LogP contribution in [0.5, 0.6) is 0 Å². The molecule has 0 aromatic heterocycles. The van der Waals surface area contributed by atoms with E-state index in [4.69, 9.17) is 0 Å². The van der Waals surface area contributed by atoms with E-state index in [1.807, 2.05) is 4.90 Å². The molecule has 2 rings (SSSR count). The average Bonchev–Trinajstić information content (AvgIpc) is 2.17. The summed E-state index contributed by atoms with van der Waals surface area (Å²) in [7, 11) is 0. The summed E-state index contributed by atoms with van der Waals surface area (Å²) in [5.74, 6) is 0. The van der Waals surface area contributed by atoms with E-state index in [1.54, 1.807) is 0 Å². The van der Waals surface area contributed by atoms with Crippen molar-refractivity contribution in [1.29, 1.82) is 0 Å². The van der Waals surface area contributed by atoms with Crippen molar-refractivity contribution in [1.82, 2.24) is 10.2 Å². The number of hydrogen-bond acceptors (Lipinski definition) is 5. The number of nitrogens with one attached hydrogen (secondary N) is 1. The van der Waals surface area contributed by atoms with E-state index in [0.717, 1.165) is 6.42 Å².